The molecule has 8 heteroatoms. The number of halogens is 1. The number of rotatable bonds is 7. The van der Waals surface area contributed by atoms with Gasteiger partial charge in [0.05, 0.1) is 11.0 Å². The van der Waals surface area contributed by atoms with Crippen molar-refractivity contribution in [2.75, 3.05) is 6.54 Å². The summed E-state index contributed by atoms with van der Waals surface area (Å²) in [4.78, 5) is 8.39. The van der Waals surface area contributed by atoms with Crippen LogP contribution in [-0.4, -0.2) is 25.3 Å². The van der Waals surface area contributed by atoms with Crippen LogP contribution in [0.3, 0.4) is 0 Å². The summed E-state index contributed by atoms with van der Waals surface area (Å²) in [6.07, 6.45) is 4.29. The van der Waals surface area contributed by atoms with E-state index in [1.54, 1.807) is 36.7 Å². The van der Waals surface area contributed by atoms with E-state index in [9.17, 15) is 13.2 Å². The Labute approximate surface area is 146 Å². The average Bonchev–Trinajstić information content (AvgIpc) is 2.58. The topological polar surface area (TPSA) is 87.2 Å². The maximum atomic E-state index is 13.8. The molecule has 0 radical (unpaired) electrons. The number of benzene rings is 2. The summed E-state index contributed by atoms with van der Waals surface area (Å²) >= 11 is -2.28. The molecule has 3 aromatic rings. The van der Waals surface area contributed by atoms with Crippen molar-refractivity contribution in [2.45, 2.75) is 12.8 Å². The number of fused-ring (bicyclic) bond motifs is 1. The number of hydrogen-bond acceptors (Lipinski definition) is 5. The lowest BCUT2D eigenvalue weighted by molar-refractivity contribution is 0.476. The molecule has 1 unspecified atom stereocenters. The molecule has 0 saturated carbocycles. The SMILES string of the molecule is O=S([O-])NCCCc1cc(F)cc(Oc2ccc3nccnc3c2)c1. The molecule has 0 aliphatic heterocycles. The molecular weight excluding hydrogens is 345 g/mol. The van der Waals surface area contributed by atoms with Gasteiger partial charge in [-0.1, -0.05) is 0 Å². The number of nitrogens with zero attached hydrogens (tertiary/aromatic N) is 2. The van der Waals surface area contributed by atoms with Gasteiger partial charge in [-0.05, 0) is 42.7 Å². The molecule has 1 N–H and O–H groups in total. The predicted molar refractivity (Wildman–Crippen MR) is 91.3 cm³/mol. The monoisotopic (exact) mass is 360 g/mol. The van der Waals surface area contributed by atoms with Crippen molar-refractivity contribution in [3.8, 4) is 11.5 Å². The van der Waals surface area contributed by atoms with Crippen molar-refractivity contribution in [2.24, 2.45) is 0 Å². The molecule has 1 atom stereocenters. The Kier molecular flexibility index (Phi) is 5.64. The second kappa shape index (κ2) is 8.11. The smallest absolute Gasteiger partial charge is 0.130 e. The molecule has 1 heterocycles. The highest BCUT2D eigenvalue weighted by Crippen LogP contribution is 2.26. The quantitative estimate of drug-likeness (QED) is 0.517. The summed E-state index contributed by atoms with van der Waals surface area (Å²) in [6.45, 7) is 0.298. The normalized spacial score (nSPS) is 12.2. The van der Waals surface area contributed by atoms with E-state index in [0.29, 0.717) is 36.4 Å². The lowest BCUT2D eigenvalue weighted by Gasteiger charge is -2.10. The zero-order valence-electron chi connectivity index (χ0n) is 13.1. The first-order chi connectivity index (χ1) is 12.1. The van der Waals surface area contributed by atoms with E-state index in [-0.39, 0.29) is 0 Å². The van der Waals surface area contributed by atoms with Crippen LogP contribution >= 0.6 is 0 Å². The second-order valence-corrected chi connectivity index (χ2v) is 6.09. The third-order valence-corrected chi connectivity index (χ3v) is 3.91. The fourth-order valence-corrected chi connectivity index (χ4v) is 2.73. The van der Waals surface area contributed by atoms with Crippen molar-refractivity contribution in [3.63, 3.8) is 0 Å². The van der Waals surface area contributed by atoms with E-state index in [2.05, 4.69) is 14.7 Å². The van der Waals surface area contributed by atoms with Crippen molar-refractivity contribution in [1.29, 1.82) is 0 Å². The van der Waals surface area contributed by atoms with E-state index in [0.717, 1.165) is 11.1 Å². The zero-order chi connectivity index (χ0) is 17.6. The van der Waals surface area contributed by atoms with Gasteiger partial charge >= 0.3 is 0 Å². The van der Waals surface area contributed by atoms with Gasteiger partial charge in [0, 0.05) is 42.3 Å². The Morgan fingerprint density at radius 1 is 1.08 bits per heavy atom. The summed E-state index contributed by atoms with van der Waals surface area (Å²) in [7, 11) is 0. The van der Waals surface area contributed by atoms with Gasteiger partial charge in [0.1, 0.15) is 17.3 Å². The van der Waals surface area contributed by atoms with E-state index in [4.69, 9.17) is 4.74 Å². The minimum absolute atomic E-state index is 0.298. The maximum absolute atomic E-state index is 13.8. The highest BCUT2D eigenvalue weighted by molar-refractivity contribution is 7.77. The Balaban J connectivity index is 1.71. The molecule has 0 aliphatic rings. The van der Waals surface area contributed by atoms with Crippen LogP contribution in [0.2, 0.25) is 0 Å². The second-order valence-electron chi connectivity index (χ2n) is 5.34. The molecule has 2 aromatic carbocycles. The standard InChI is InChI=1S/C17H16FN3O3S/c18-13-8-12(2-1-5-21-25(22)23)9-15(10-13)24-14-3-4-16-17(11-14)20-7-6-19-16/h3-4,6-11,21H,1-2,5H2,(H,22,23)/p-1. The van der Waals surface area contributed by atoms with Crippen LogP contribution in [0.4, 0.5) is 4.39 Å². The number of aryl methyl sites for hydroxylation is 1. The van der Waals surface area contributed by atoms with Crippen LogP contribution in [0.15, 0.2) is 48.8 Å². The molecule has 130 valence electrons. The summed E-state index contributed by atoms with van der Waals surface area (Å²) in [5, 5.41) is 0. The van der Waals surface area contributed by atoms with E-state index in [1.165, 1.54) is 12.1 Å². The molecule has 1 aromatic heterocycles. The highest BCUT2D eigenvalue weighted by Gasteiger charge is 2.05. The van der Waals surface area contributed by atoms with Crippen LogP contribution in [0, 0.1) is 5.82 Å². The minimum Gasteiger partial charge on any atom is -0.760 e. The molecule has 0 amide bonds. The maximum Gasteiger partial charge on any atom is 0.130 e. The molecule has 0 fully saturated rings. The van der Waals surface area contributed by atoms with Crippen LogP contribution in [0.1, 0.15) is 12.0 Å². The number of nitrogens with one attached hydrogen (secondary N) is 1. The van der Waals surface area contributed by atoms with Gasteiger partial charge in [0.15, 0.2) is 0 Å². The number of aromatic nitrogens is 2. The summed E-state index contributed by atoms with van der Waals surface area (Å²) < 4.78 is 42.6. The molecule has 0 bridgehead atoms. The third kappa shape index (κ3) is 5.02. The molecule has 25 heavy (non-hydrogen) atoms. The van der Waals surface area contributed by atoms with Crippen molar-refractivity contribution >= 4 is 22.3 Å². The Morgan fingerprint density at radius 2 is 1.88 bits per heavy atom. The van der Waals surface area contributed by atoms with Crippen LogP contribution in [0.5, 0.6) is 11.5 Å². The van der Waals surface area contributed by atoms with Gasteiger partial charge < -0.3 is 9.29 Å². The van der Waals surface area contributed by atoms with Gasteiger partial charge in [-0.3, -0.25) is 14.2 Å². The van der Waals surface area contributed by atoms with Gasteiger partial charge in [0.25, 0.3) is 0 Å². The Bertz CT molecular complexity index is 907. The lowest BCUT2D eigenvalue weighted by Crippen LogP contribution is -2.18. The summed E-state index contributed by atoms with van der Waals surface area (Å²) in [5.74, 6) is 0.500. The van der Waals surface area contributed by atoms with Gasteiger partial charge in [-0.2, -0.15) is 0 Å². The van der Waals surface area contributed by atoms with Gasteiger partial charge in [-0.25, -0.2) is 9.11 Å². The van der Waals surface area contributed by atoms with Crippen LogP contribution in [-0.2, 0) is 17.7 Å². The molecule has 6 nitrogen and oxygen atoms in total. The first-order valence-corrected chi connectivity index (χ1v) is 8.68. The summed E-state index contributed by atoms with van der Waals surface area (Å²) in [5.41, 5.74) is 2.17. The minimum atomic E-state index is -2.28. The van der Waals surface area contributed by atoms with Gasteiger partial charge in [0.2, 0.25) is 0 Å². The fraction of sp³-hybridized carbons (Fsp3) is 0.176. The number of hydrogen-bond donors (Lipinski definition) is 1. The zero-order valence-corrected chi connectivity index (χ0v) is 14.0. The molecule has 3 rings (SSSR count). The summed E-state index contributed by atoms with van der Waals surface area (Å²) in [6, 6.07) is 9.71. The molecule has 0 spiro atoms. The van der Waals surface area contributed by atoms with E-state index < -0.39 is 17.1 Å². The average molecular weight is 360 g/mol. The predicted octanol–water partition coefficient (Wildman–Crippen LogP) is 2.88. The molecule has 0 aliphatic carbocycles. The van der Waals surface area contributed by atoms with Crippen LogP contribution in [0.25, 0.3) is 11.0 Å². The Morgan fingerprint density at radius 3 is 2.68 bits per heavy atom. The first-order valence-electron chi connectivity index (χ1n) is 7.61. The lowest BCUT2D eigenvalue weighted by atomic mass is 10.1. The third-order valence-electron chi connectivity index (χ3n) is 3.47. The van der Waals surface area contributed by atoms with Crippen molar-refractivity contribution in [3.05, 3.63) is 60.2 Å². The Hall–Kier alpha value is -2.42. The van der Waals surface area contributed by atoms with Crippen molar-refractivity contribution in [1.82, 2.24) is 14.7 Å². The van der Waals surface area contributed by atoms with Gasteiger partial charge in [-0.15, -0.1) is 0 Å². The fourth-order valence-electron chi connectivity index (χ4n) is 2.41. The van der Waals surface area contributed by atoms with Crippen LogP contribution < -0.4 is 9.46 Å². The highest BCUT2D eigenvalue weighted by atomic mass is 32.2. The van der Waals surface area contributed by atoms with E-state index in [1.807, 2.05) is 0 Å². The largest absolute Gasteiger partial charge is 0.760 e. The first kappa shape index (κ1) is 17.4. The van der Waals surface area contributed by atoms with Crippen molar-refractivity contribution < 1.29 is 17.9 Å². The van der Waals surface area contributed by atoms with E-state index >= 15 is 0 Å². The molecular formula is C17H15FN3O3S-. The molecule has 0 saturated heterocycles. The number of ether oxygens (including phenoxy) is 1.